The van der Waals surface area contributed by atoms with Crippen LogP contribution in [0.15, 0.2) is 45.2 Å². The third-order valence-corrected chi connectivity index (χ3v) is 3.74. The molecule has 4 nitrogen and oxygen atoms in total. The predicted molar refractivity (Wildman–Crippen MR) is 82.2 cm³/mol. The lowest BCUT2D eigenvalue weighted by Gasteiger charge is -2.04. The van der Waals surface area contributed by atoms with Crippen LogP contribution < -0.4 is 11.3 Å². The van der Waals surface area contributed by atoms with E-state index >= 15 is 0 Å². The lowest BCUT2D eigenvalue weighted by atomic mass is 10.2. The number of nitrogens with one attached hydrogen (secondary N) is 1. The molecule has 0 radical (unpaired) electrons. The smallest absolute Gasteiger partial charge is 0.251 e. The van der Waals surface area contributed by atoms with Crippen molar-refractivity contribution in [3.05, 3.63) is 51.9 Å². The van der Waals surface area contributed by atoms with Crippen molar-refractivity contribution >= 4 is 11.8 Å². The van der Waals surface area contributed by atoms with E-state index in [1.54, 1.807) is 6.07 Å². The quantitative estimate of drug-likeness (QED) is 0.801. The summed E-state index contributed by atoms with van der Waals surface area (Å²) in [5.41, 5.74) is 7.50. The van der Waals surface area contributed by atoms with Crippen molar-refractivity contribution in [3.63, 3.8) is 0 Å². The largest absolute Gasteiger partial charge is 0.330 e. The van der Waals surface area contributed by atoms with Gasteiger partial charge < -0.3 is 10.7 Å². The van der Waals surface area contributed by atoms with Crippen molar-refractivity contribution < 1.29 is 0 Å². The van der Waals surface area contributed by atoms with Gasteiger partial charge in [-0.05, 0) is 37.1 Å². The molecule has 0 aliphatic rings. The fourth-order valence-electron chi connectivity index (χ4n) is 1.92. The molecular weight excluding hydrogens is 270 g/mol. The minimum atomic E-state index is -0.0919. The summed E-state index contributed by atoms with van der Waals surface area (Å²) in [7, 11) is 0. The topological polar surface area (TPSA) is 71.8 Å². The van der Waals surface area contributed by atoms with Gasteiger partial charge in [0.25, 0.3) is 5.56 Å². The average molecular weight is 289 g/mol. The molecule has 20 heavy (non-hydrogen) atoms. The SMILES string of the molecule is CCCc1cc(=O)[nH]c(Sc2ccc(CCN)cc2)n1. The van der Waals surface area contributed by atoms with Crippen molar-refractivity contribution in [1.29, 1.82) is 0 Å². The summed E-state index contributed by atoms with van der Waals surface area (Å²) in [6, 6.07) is 9.74. The second kappa shape index (κ2) is 7.26. The van der Waals surface area contributed by atoms with Crippen molar-refractivity contribution in [3.8, 4) is 0 Å². The minimum absolute atomic E-state index is 0.0919. The van der Waals surface area contributed by atoms with E-state index in [2.05, 4.69) is 29.0 Å². The molecule has 1 aromatic heterocycles. The summed E-state index contributed by atoms with van der Waals surface area (Å²) in [6.07, 6.45) is 2.69. The average Bonchev–Trinajstić information content (AvgIpc) is 2.41. The van der Waals surface area contributed by atoms with Gasteiger partial charge in [0.05, 0.1) is 0 Å². The van der Waals surface area contributed by atoms with Gasteiger partial charge in [0.2, 0.25) is 0 Å². The summed E-state index contributed by atoms with van der Waals surface area (Å²) >= 11 is 1.47. The molecule has 0 bridgehead atoms. The van der Waals surface area contributed by atoms with Crippen LogP contribution in [0.25, 0.3) is 0 Å². The maximum Gasteiger partial charge on any atom is 0.251 e. The Bertz CT molecular complexity index is 607. The van der Waals surface area contributed by atoms with Gasteiger partial charge in [-0.1, -0.05) is 37.2 Å². The van der Waals surface area contributed by atoms with Gasteiger partial charge >= 0.3 is 0 Å². The highest BCUT2D eigenvalue weighted by atomic mass is 32.2. The van der Waals surface area contributed by atoms with Crippen LogP contribution in [0.5, 0.6) is 0 Å². The standard InChI is InChI=1S/C15H19N3OS/c1-2-3-12-10-14(19)18-15(17-12)20-13-6-4-11(5-7-13)8-9-16/h4-7,10H,2-3,8-9,16H2,1H3,(H,17,18,19). The van der Waals surface area contributed by atoms with E-state index < -0.39 is 0 Å². The number of rotatable bonds is 6. The summed E-state index contributed by atoms with van der Waals surface area (Å²) in [5, 5.41) is 0.646. The molecule has 0 saturated heterocycles. The fourth-order valence-corrected chi connectivity index (χ4v) is 2.73. The second-order valence-corrected chi connectivity index (χ2v) is 5.64. The highest BCUT2D eigenvalue weighted by molar-refractivity contribution is 7.99. The number of aryl methyl sites for hydroxylation is 1. The zero-order valence-corrected chi connectivity index (χ0v) is 12.4. The Balaban J connectivity index is 2.14. The number of hydrogen-bond acceptors (Lipinski definition) is 4. The van der Waals surface area contributed by atoms with Crippen LogP contribution >= 0.6 is 11.8 Å². The lowest BCUT2D eigenvalue weighted by molar-refractivity contribution is 0.816. The first-order valence-electron chi connectivity index (χ1n) is 6.78. The number of benzene rings is 1. The van der Waals surface area contributed by atoms with Crippen molar-refractivity contribution in [2.75, 3.05) is 6.54 Å². The molecule has 5 heteroatoms. The molecule has 0 aliphatic heterocycles. The number of aromatic amines is 1. The van der Waals surface area contributed by atoms with E-state index in [0.29, 0.717) is 11.7 Å². The zero-order chi connectivity index (χ0) is 14.4. The molecule has 1 aromatic carbocycles. The molecule has 106 valence electrons. The Morgan fingerprint density at radius 2 is 2.00 bits per heavy atom. The number of aromatic nitrogens is 2. The van der Waals surface area contributed by atoms with E-state index in [-0.39, 0.29) is 5.56 Å². The molecule has 2 rings (SSSR count). The van der Waals surface area contributed by atoms with E-state index in [0.717, 1.165) is 29.9 Å². The highest BCUT2D eigenvalue weighted by Crippen LogP contribution is 2.24. The lowest BCUT2D eigenvalue weighted by Crippen LogP contribution is -2.09. The molecule has 1 heterocycles. The molecule has 0 aliphatic carbocycles. The third kappa shape index (κ3) is 4.21. The van der Waals surface area contributed by atoms with Crippen LogP contribution in [0.4, 0.5) is 0 Å². The van der Waals surface area contributed by atoms with Gasteiger partial charge in [0.15, 0.2) is 5.16 Å². The summed E-state index contributed by atoms with van der Waals surface area (Å²) in [5.74, 6) is 0. The van der Waals surface area contributed by atoms with Crippen LogP contribution in [0.3, 0.4) is 0 Å². The molecule has 0 amide bonds. The Kier molecular flexibility index (Phi) is 5.38. The van der Waals surface area contributed by atoms with E-state index in [1.807, 2.05) is 12.1 Å². The first-order chi connectivity index (χ1) is 9.71. The zero-order valence-electron chi connectivity index (χ0n) is 11.6. The Morgan fingerprint density at radius 1 is 1.25 bits per heavy atom. The summed E-state index contributed by atoms with van der Waals surface area (Å²) < 4.78 is 0. The van der Waals surface area contributed by atoms with Crippen LogP contribution in [0, 0.1) is 0 Å². The molecule has 0 atom stereocenters. The van der Waals surface area contributed by atoms with Gasteiger partial charge in [0.1, 0.15) is 0 Å². The number of nitrogens with zero attached hydrogens (tertiary/aromatic N) is 1. The Hall–Kier alpha value is -1.59. The first-order valence-corrected chi connectivity index (χ1v) is 7.60. The highest BCUT2D eigenvalue weighted by Gasteiger charge is 2.03. The van der Waals surface area contributed by atoms with Gasteiger partial charge in [-0.15, -0.1) is 0 Å². The second-order valence-electron chi connectivity index (χ2n) is 4.58. The monoisotopic (exact) mass is 289 g/mol. The Morgan fingerprint density at radius 3 is 2.65 bits per heavy atom. The fraction of sp³-hybridized carbons (Fsp3) is 0.333. The van der Waals surface area contributed by atoms with Crippen LogP contribution in [0.1, 0.15) is 24.6 Å². The number of H-pyrrole nitrogens is 1. The molecule has 3 N–H and O–H groups in total. The predicted octanol–water partition coefficient (Wildman–Crippen LogP) is 2.37. The van der Waals surface area contributed by atoms with E-state index in [1.165, 1.54) is 17.3 Å². The number of hydrogen-bond donors (Lipinski definition) is 2. The van der Waals surface area contributed by atoms with Gasteiger partial charge in [0, 0.05) is 16.7 Å². The number of nitrogens with two attached hydrogens (primary N) is 1. The normalized spacial score (nSPS) is 10.7. The third-order valence-electron chi connectivity index (χ3n) is 2.85. The molecule has 0 saturated carbocycles. The van der Waals surface area contributed by atoms with E-state index in [4.69, 9.17) is 5.73 Å². The molecule has 2 aromatic rings. The van der Waals surface area contributed by atoms with Gasteiger partial charge in [-0.2, -0.15) is 0 Å². The molecule has 0 unspecified atom stereocenters. The van der Waals surface area contributed by atoms with Crippen molar-refractivity contribution in [1.82, 2.24) is 9.97 Å². The molecule has 0 spiro atoms. The van der Waals surface area contributed by atoms with E-state index in [9.17, 15) is 4.79 Å². The van der Waals surface area contributed by atoms with Gasteiger partial charge in [-0.25, -0.2) is 4.98 Å². The van der Waals surface area contributed by atoms with Crippen LogP contribution in [-0.2, 0) is 12.8 Å². The summed E-state index contributed by atoms with van der Waals surface area (Å²) in [4.78, 5) is 19.9. The van der Waals surface area contributed by atoms with Crippen molar-refractivity contribution in [2.45, 2.75) is 36.2 Å². The van der Waals surface area contributed by atoms with Crippen LogP contribution in [0.2, 0.25) is 0 Å². The van der Waals surface area contributed by atoms with Crippen LogP contribution in [-0.4, -0.2) is 16.5 Å². The maximum atomic E-state index is 11.6. The summed E-state index contributed by atoms with van der Waals surface area (Å²) in [6.45, 7) is 2.73. The van der Waals surface area contributed by atoms with Gasteiger partial charge in [-0.3, -0.25) is 4.79 Å². The van der Waals surface area contributed by atoms with Crippen molar-refractivity contribution in [2.24, 2.45) is 5.73 Å². The molecular formula is C15H19N3OS. The first kappa shape index (κ1) is 14.8. The Labute approximate surface area is 122 Å². The minimum Gasteiger partial charge on any atom is -0.330 e. The molecule has 0 fully saturated rings. The maximum absolute atomic E-state index is 11.6.